The number of esters is 2. The Morgan fingerprint density at radius 2 is 1.46 bits per heavy atom. The topological polar surface area (TPSA) is 76.7 Å². The van der Waals surface area contributed by atoms with Gasteiger partial charge in [-0.15, -0.1) is 6.58 Å². The SMILES string of the molecule is C=CC(CC(CNc1ccccc1)(C(=O)OC)C(=O)OC)Nc1ccccc1. The number of nitrogens with one attached hydrogen (secondary N) is 2. The smallest absolute Gasteiger partial charge is 0.325 e. The number of para-hydroxylation sites is 2. The van der Waals surface area contributed by atoms with Crippen molar-refractivity contribution in [3.8, 4) is 0 Å². The number of benzene rings is 2. The number of hydrogen-bond donors (Lipinski definition) is 2. The van der Waals surface area contributed by atoms with E-state index in [2.05, 4.69) is 17.2 Å². The van der Waals surface area contributed by atoms with Gasteiger partial charge in [0.15, 0.2) is 5.41 Å². The third-order valence-electron chi connectivity index (χ3n) is 4.50. The number of methoxy groups -OCH3 is 2. The van der Waals surface area contributed by atoms with Crippen molar-refractivity contribution < 1.29 is 19.1 Å². The van der Waals surface area contributed by atoms with E-state index in [9.17, 15) is 9.59 Å². The van der Waals surface area contributed by atoms with Crippen molar-refractivity contribution in [1.29, 1.82) is 0 Å². The monoisotopic (exact) mass is 382 g/mol. The molecule has 6 nitrogen and oxygen atoms in total. The number of anilines is 2. The fourth-order valence-electron chi connectivity index (χ4n) is 2.98. The first kappa shape index (κ1) is 21.0. The molecule has 0 fully saturated rings. The maximum atomic E-state index is 12.7. The van der Waals surface area contributed by atoms with Crippen LogP contribution in [0.2, 0.25) is 0 Å². The summed E-state index contributed by atoms with van der Waals surface area (Å²) in [6.45, 7) is 3.87. The van der Waals surface area contributed by atoms with Crippen LogP contribution in [0.3, 0.4) is 0 Å². The minimum atomic E-state index is -1.54. The zero-order valence-electron chi connectivity index (χ0n) is 16.2. The molecule has 0 aromatic heterocycles. The summed E-state index contributed by atoms with van der Waals surface area (Å²) in [5.41, 5.74) is 0.0953. The molecule has 148 valence electrons. The largest absolute Gasteiger partial charge is 0.468 e. The van der Waals surface area contributed by atoms with E-state index in [4.69, 9.17) is 9.47 Å². The molecule has 0 aliphatic rings. The van der Waals surface area contributed by atoms with Gasteiger partial charge in [-0.3, -0.25) is 9.59 Å². The second-order valence-corrected chi connectivity index (χ2v) is 6.34. The van der Waals surface area contributed by atoms with Gasteiger partial charge in [-0.2, -0.15) is 0 Å². The molecule has 0 saturated heterocycles. The molecule has 1 atom stereocenters. The van der Waals surface area contributed by atoms with E-state index in [1.54, 1.807) is 6.08 Å². The van der Waals surface area contributed by atoms with Crippen LogP contribution in [0.5, 0.6) is 0 Å². The van der Waals surface area contributed by atoms with Gasteiger partial charge in [0, 0.05) is 24.0 Å². The third-order valence-corrected chi connectivity index (χ3v) is 4.50. The van der Waals surface area contributed by atoms with Gasteiger partial charge in [0.1, 0.15) is 0 Å². The maximum absolute atomic E-state index is 12.7. The minimum Gasteiger partial charge on any atom is -0.468 e. The van der Waals surface area contributed by atoms with Crippen LogP contribution in [0.4, 0.5) is 11.4 Å². The molecule has 0 heterocycles. The highest BCUT2D eigenvalue weighted by atomic mass is 16.5. The van der Waals surface area contributed by atoms with E-state index < -0.39 is 17.4 Å². The molecule has 0 aliphatic heterocycles. The molecule has 0 aliphatic carbocycles. The number of hydrogen-bond acceptors (Lipinski definition) is 6. The Balaban J connectivity index is 2.30. The van der Waals surface area contributed by atoms with Gasteiger partial charge in [0.25, 0.3) is 0 Å². The molecule has 2 aromatic carbocycles. The summed E-state index contributed by atoms with van der Waals surface area (Å²) in [7, 11) is 2.52. The fourth-order valence-corrected chi connectivity index (χ4v) is 2.98. The lowest BCUT2D eigenvalue weighted by Crippen LogP contribution is -2.49. The van der Waals surface area contributed by atoms with Crippen LogP contribution in [0, 0.1) is 5.41 Å². The molecule has 2 aromatic rings. The number of rotatable bonds is 10. The van der Waals surface area contributed by atoms with Gasteiger partial charge in [-0.05, 0) is 30.7 Å². The molecule has 0 amide bonds. The average molecular weight is 382 g/mol. The average Bonchev–Trinajstić information content (AvgIpc) is 2.76. The van der Waals surface area contributed by atoms with Crippen molar-refractivity contribution in [1.82, 2.24) is 0 Å². The number of ether oxygens (including phenoxy) is 2. The van der Waals surface area contributed by atoms with E-state index in [-0.39, 0.29) is 19.0 Å². The van der Waals surface area contributed by atoms with E-state index in [1.165, 1.54) is 14.2 Å². The minimum absolute atomic E-state index is 0.0250. The van der Waals surface area contributed by atoms with Crippen LogP contribution in [-0.4, -0.2) is 38.7 Å². The summed E-state index contributed by atoms with van der Waals surface area (Å²) in [6.07, 6.45) is 1.78. The predicted octanol–water partition coefficient (Wildman–Crippen LogP) is 3.49. The predicted molar refractivity (Wildman–Crippen MR) is 110 cm³/mol. The van der Waals surface area contributed by atoms with Crippen molar-refractivity contribution in [3.63, 3.8) is 0 Å². The molecule has 2 rings (SSSR count). The molecule has 6 heteroatoms. The second-order valence-electron chi connectivity index (χ2n) is 6.34. The molecule has 2 N–H and O–H groups in total. The highest BCUT2D eigenvalue weighted by Crippen LogP contribution is 2.30. The van der Waals surface area contributed by atoms with Gasteiger partial charge >= 0.3 is 11.9 Å². The Labute approximate surface area is 165 Å². The van der Waals surface area contributed by atoms with Gasteiger partial charge in [0.2, 0.25) is 0 Å². The first-order valence-corrected chi connectivity index (χ1v) is 8.95. The lowest BCUT2D eigenvalue weighted by molar-refractivity contribution is -0.168. The molecule has 0 radical (unpaired) electrons. The van der Waals surface area contributed by atoms with Crippen molar-refractivity contribution in [2.45, 2.75) is 12.5 Å². The van der Waals surface area contributed by atoms with Gasteiger partial charge in [-0.25, -0.2) is 0 Å². The molecule has 28 heavy (non-hydrogen) atoms. The highest BCUT2D eigenvalue weighted by Gasteiger charge is 2.49. The lowest BCUT2D eigenvalue weighted by Gasteiger charge is -2.32. The van der Waals surface area contributed by atoms with Crippen LogP contribution in [0.25, 0.3) is 0 Å². The molecule has 0 saturated carbocycles. The fraction of sp³-hybridized carbons (Fsp3) is 0.273. The summed E-state index contributed by atoms with van der Waals surface area (Å²) in [6, 6.07) is 18.5. The maximum Gasteiger partial charge on any atom is 0.325 e. The summed E-state index contributed by atoms with van der Waals surface area (Å²) >= 11 is 0. The molecule has 0 bridgehead atoms. The molecular formula is C22H26N2O4. The van der Waals surface area contributed by atoms with Gasteiger partial charge in [-0.1, -0.05) is 42.5 Å². The molecule has 0 spiro atoms. The number of carbonyl (C=O) groups is 2. The zero-order chi connectivity index (χ0) is 20.4. The Morgan fingerprint density at radius 1 is 0.964 bits per heavy atom. The van der Waals surface area contributed by atoms with Crippen LogP contribution >= 0.6 is 0 Å². The molecule has 1 unspecified atom stereocenters. The third kappa shape index (κ3) is 5.13. The van der Waals surface area contributed by atoms with Crippen molar-refractivity contribution in [3.05, 3.63) is 73.3 Å². The van der Waals surface area contributed by atoms with Crippen molar-refractivity contribution in [2.24, 2.45) is 5.41 Å². The number of carbonyl (C=O) groups excluding carboxylic acids is 2. The highest BCUT2D eigenvalue weighted by molar-refractivity contribution is 6.01. The first-order valence-electron chi connectivity index (χ1n) is 8.95. The molecular weight excluding hydrogens is 356 g/mol. The first-order chi connectivity index (χ1) is 13.6. The van der Waals surface area contributed by atoms with E-state index >= 15 is 0 Å². The Bertz CT molecular complexity index is 762. The quantitative estimate of drug-likeness (QED) is 0.372. The van der Waals surface area contributed by atoms with E-state index in [0.717, 1.165) is 11.4 Å². The Kier molecular flexibility index (Phi) is 7.63. The summed E-state index contributed by atoms with van der Waals surface area (Å²) in [4.78, 5) is 25.5. The summed E-state index contributed by atoms with van der Waals surface area (Å²) in [5.74, 6) is -1.33. The standard InChI is InChI=1S/C22H26N2O4/c1-4-17(24-19-13-9-6-10-14-19)15-22(20(25)27-2,21(26)28-3)16-23-18-11-7-5-8-12-18/h4-14,17,23-24H,1,15-16H2,2-3H3. The van der Waals surface area contributed by atoms with Crippen molar-refractivity contribution >= 4 is 23.3 Å². The van der Waals surface area contributed by atoms with Crippen LogP contribution in [0.15, 0.2) is 73.3 Å². The summed E-state index contributed by atoms with van der Waals surface area (Å²) in [5, 5.41) is 6.42. The Morgan fingerprint density at radius 3 is 1.93 bits per heavy atom. The van der Waals surface area contributed by atoms with Crippen LogP contribution in [0.1, 0.15) is 6.42 Å². The van der Waals surface area contributed by atoms with E-state index in [0.29, 0.717) is 0 Å². The Hall–Kier alpha value is -3.28. The summed E-state index contributed by atoms with van der Waals surface area (Å²) < 4.78 is 9.96. The second kappa shape index (κ2) is 10.2. The van der Waals surface area contributed by atoms with Crippen LogP contribution < -0.4 is 10.6 Å². The van der Waals surface area contributed by atoms with Gasteiger partial charge < -0.3 is 20.1 Å². The van der Waals surface area contributed by atoms with Crippen LogP contribution in [-0.2, 0) is 19.1 Å². The lowest BCUT2D eigenvalue weighted by atomic mass is 9.80. The normalized spacial score (nSPS) is 11.8. The van der Waals surface area contributed by atoms with E-state index in [1.807, 2.05) is 60.7 Å². The van der Waals surface area contributed by atoms with Crippen molar-refractivity contribution in [2.75, 3.05) is 31.4 Å². The zero-order valence-corrected chi connectivity index (χ0v) is 16.2. The van der Waals surface area contributed by atoms with Gasteiger partial charge in [0.05, 0.1) is 14.2 Å².